The second-order valence-corrected chi connectivity index (χ2v) is 4.17. The standard InChI is InChI=1S/C12H16ClNO4/c1-7(2)18-12(15)14-9-6-10(16-3)8(13)5-11(9)17-4/h5-7H,1-4H3,(H,14,15). The zero-order valence-electron chi connectivity index (χ0n) is 10.7. The van der Waals surface area contributed by atoms with Crippen LogP contribution in [0.3, 0.4) is 0 Å². The van der Waals surface area contributed by atoms with Crippen LogP contribution in [0.15, 0.2) is 12.1 Å². The highest BCUT2D eigenvalue weighted by Crippen LogP contribution is 2.35. The lowest BCUT2D eigenvalue weighted by Gasteiger charge is -2.14. The van der Waals surface area contributed by atoms with Crippen LogP contribution in [0.25, 0.3) is 0 Å². The number of halogens is 1. The maximum atomic E-state index is 11.5. The number of methoxy groups -OCH3 is 2. The number of hydrogen-bond donors (Lipinski definition) is 1. The van der Waals surface area contributed by atoms with Crippen molar-refractivity contribution in [1.29, 1.82) is 0 Å². The minimum Gasteiger partial charge on any atom is -0.495 e. The Labute approximate surface area is 111 Å². The molecule has 0 saturated carbocycles. The van der Waals surface area contributed by atoms with E-state index in [1.807, 2.05) is 0 Å². The summed E-state index contributed by atoms with van der Waals surface area (Å²) < 4.78 is 15.2. The van der Waals surface area contributed by atoms with Gasteiger partial charge in [-0.3, -0.25) is 5.32 Å². The maximum absolute atomic E-state index is 11.5. The quantitative estimate of drug-likeness (QED) is 0.914. The Hall–Kier alpha value is -1.62. The molecule has 0 aliphatic heterocycles. The van der Waals surface area contributed by atoms with Gasteiger partial charge in [0, 0.05) is 12.1 Å². The van der Waals surface area contributed by atoms with Crippen LogP contribution in [-0.2, 0) is 4.74 Å². The fourth-order valence-electron chi connectivity index (χ4n) is 1.31. The number of benzene rings is 1. The molecule has 18 heavy (non-hydrogen) atoms. The number of anilines is 1. The molecule has 0 aromatic heterocycles. The largest absolute Gasteiger partial charge is 0.495 e. The predicted octanol–water partition coefficient (Wildman–Crippen LogP) is 3.31. The smallest absolute Gasteiger partial charge is 0.411 e. The Morgan fingerprint density at radius 1 is 1.22 bits per heavy atom. The van der Waals surface area contributed by atoms with Crippen LogP contribution in [0.5, 0.6) is 11.5 Å². The summed E-state index contributed by atoms with van der Waals surface area (Å²) in [5.41, 5.74) is 0.435. The molecular weight excluding hydrogens is 258 g/mol. The van der Waals surface area contributed by atoms with Gasteiger partial charge in [-0.1, -0.05) is 11.6 Å². The number of hydrogen-bond acceptors (Lipinski definition) is 4. The molecule has 1 rings (SSSR count). The van der Waals surface area contributed by atoms with Gasteiger partial charge in [0.05, 0.1) is 31.0 Å². The van der Waals surface area contributed by atoms with Crippen LogP contribution >= 0.6 is 11.6 Å². The molecule has 0 heterocycles. The molecular formula is C12H16ClNO4. The van der Waals surface area contributed by atoms with Gasteiger partial charge in [-0.25, -0.2) is 4.79 Å². The molecule has 0 aliphatic carbocycles. The van der Waals surface area contributed by atoms with Gasteiger partial charge in [0.25, 0.3) is 0 Å². The zero-order valence-corrected chi connectivity index (χ0v) is 11.5. The van der Waals surface area contributed by atoms with Gasteiger partial charge in [-0.2, -0.15) is 0 Å². The maximum Gasteiger partial charge on any atom is 0.411 e. The second-order valence-electron chi connectivity index (χ2n) is 3.77. The van der Waals surface area contributed by atoms with Crippen LogP contribution in [-0.4, -0.2) is 26.4 Å². The molecule has 1 N–H and O–H groups in total. The molecule has 0 spiro atoms. The van der Waals surface area contributed by atoms with Crippen LogP contribution in [0.1, 0.15) is 13.8 Å². The molecule has 0 bridgehead atoms. The van der Waals surface area contributed by atoms with Crippen LogP contribution < -0.4 is 14.8 Å². The van der Waals surface area contributed by atoms with E-state index < -0.39 is 6.09 Å². The fraction of sp³-hybridized carbons (Fsp3) is 0.417. The number of amides is 1. The molecule has 0 atom stereocenters. The average molecular weight is 274 g/mol. The molecule has 0 radical (unpaired) electrons. The highest BCUT2D eigenvalue weighted by molar-refractivity contribution is 6.32. The number of nitrogens with one attached hydrogen (secondary N) is 1. The van der Waals surface area contributed by atoms with Crippen LogP contribution in [0, 0.1) is 0 Å². The van der Waals surface area contributed by atoms with Crippen molar-refractivity contribution in [1.82, 2.24) is 0 Å². The first-order chi connectivity index (χ1) is 8.47. The van der Waals surface area contributed by atoms with E-state index in [1.54, 1.807) is 26.0 Å². The fourth-order valence-corrected chi connectivity index (χ4v) is 1.54. The van der Waals surface area contributed by atoms with Gasteiger partial charge in [0.1, 0.15) is 11.5 Å². The molecule has 0 fully saturated rings. The monoisotopic (exact) mass is 273 g/mol. The van der Waals surface area contributed by atoms with Crippen molar-refractivity contribution in [2.75, 3.05) is 19.5 Å². The minimum absolute atomic E-state index is 0.204. The number of ether oxygens (including phenoxy) is 3. The summed E-state index contributed by atoms with van der Waals surface area (Å²) >= 11 is 5.95. The lowest BCUT2D eigenvalue weighted by atomic mass is 10.2. The van der Waals surface area contributed by atoms with E-state index in [4.69, 9.17) is 25.8 Å². The Morgan fingerprint density at radius 3 is 2.33 bits per heavy atom. The first-order valence-corrected chi connectivity index (χ1v) is 5.75. The third-order valence-electron chi connectivity index (χ3n) is 2.05. The average Bonchev–Trinajstić information content (AvgIpc) is 2.29. The van der Waals surface area contributed by atoms with E-state index in [0.717, 1.165) is 0 Å². The Morgan fingerprint density at radius 2 is 1.83 bits per heavy atom. The van der Waals surface area contributed by atoms with Gasteiger partial charge in [0.15, 0.2) is 0 Å². The van der Waals surface area contributed by atoms with Crippen molar-refractivity contribution in [2.45, 2.75) is 20.0 Å². The second kappa shape index (κ2) is 6.35. The normalized spacial score (nSPS) is 10.1. The summed E-state index contributed by atoms with van der Waals surface area (Å²) in [6.45, 7) is 3.53. The lowest BCUT2D eigenvalue weighted by molar-refractivity contribution is 0.130. The number of carbonyl (C=O) groups excluding carboxylic acids is 1. The summed E-state index contributed by atoms with van der Waals surface area (Å²) in [4.78, 5) is 11.5. The highest BCUT2D eigenvalue weighted by atomic mass is 35.5. The molecule has 100 valence electrons. The van der Waals surface area contributed by atoms with E-state index in [9.17, 15) is 4.79 Å². The topological polar surface area (TPSA) is 56.8 Å². The van der Waals surface area contributed by atoms with Gasteiger partial charge in [0.2, 0.25) is 0 Å². The first kappa shape index (κ1) is 14.4. The molecule has 1 aromatic rings. The van der Waals surface area contributed by atoms with E-state index in [-0.39, 0.29) is 6.10 Å². The number of rotatable bonds is 4. The summed E-state index contributed by atoms with van der Waals surface area (Å²) in [5, 5.41) is 2.97. The summed E-state index contributed by atoms with van der Waals surface area (Å²) in [6, 6.07) is 3.13. The van der Waals surface area contributed by atoms with Crippen molar-refractivity contribution in [3.63, 3.8) is 0 Å². The highest BCUT2D eigenvalue weighted by Gasteiger charge is 2.13. The minimum atomic E-state index is -0.562. The lowest BCUT2D eigenvalue weighted by Crippen LogP contribution is -2.18. The Balaban J connectivity index is 2.96. The van der Waals surface area contributed by atoms with Crippen molar-refractivity contribution < 1.29 is 19.0 Å². The third kappa shape index (κ3) is 3.70. The van der Waals surface area contributed by atoms with Crippen molar-refractivity contribution in [3.05, 3.63) is 17.2 Å². The van der Waals surface area contributed by atoms with E-state index >= 15 is 0 Å². The molecule has 0 saturated heterocycles. The van der Waals surface area contributed by atoms with Gasteiger partial charge in [-0.05, 0) is 13.8 Å². The summed E-state index contributed by atoms with van der Waals surface area (Å²) in [7, 11) is 2.97. The van der Waals surface area contributed by atoms with Crippen molar-refractivity contribution >= 4 is 23.4 Å². The van der Waals surface area contributed by atoms with Crippen LogP contribution in [0.2, 0.25) is 5.02 Å². The van der Waals surface area contributed by atoms with Crippen molar-refractivity contribution in [3.8, 4) is 11.5 Å². The molecule has 0 unspecified atom stereocenters. The van der Waals surface area contributed by atoms with Gasteiger partial charge < -0.3 is 14.2 Å². The van der Waals surface area contributed by atoms with Crippen molar-refractivity contribution in [2.24, 2.45) is 0 Å². The van der Waals surface area contributed by atoms with E-state index in [0.29, 0.717) is 22.2 Å². The zero-order chi connectivity index (χ0) is 13.7. The van der Waals surface area contributed by atoms with E-state index in [1.165, 1.54) is 14.2 Å². The Kier molecular flexibility index (Phi) is 5.09. The van der Waals surface area contributed by atoms with Crippen LogP contribution in [0.4, 0.5) is 10.5 Å². The van der Waals surface area contributed by atoms with Gasteiger partial charge in [-0.15, -0.1) is 0 Å². The molecule has 6 heteroatoms. The van der Waals surface area contributed by atoms with Gasteiger partial charge >= 0.3 is 6.09 Å². The Bertz CT molecular complexity index is 434. The number of carbonyl (C=O) groups is 1. The molecule has 1 amide bonds. The predicted molar refractivity (Wildman–Crippen MR) is 69.8 cm³/mol. The first-order valence-electron chi connectivity index (χ1n) is 5.37. The summed E-state index contributed by atoms with van der Waals surface area (Å²) in [5.74, 6) is 0.874. The molecule has 0 aliphatic rings. The summed E-state index contributed by atoms with van der Waals surface area (Å²) in [6.07, 6.45) is -0.766. The third-order valence-corrected chi connectivity index (χ3v) is 2.35. The SMILES string of the molecule is COc1cc(NC(=O)OC(C)C)c(OC)cc1Cl. The van der Waals surface area contributed by atoms with E-state index in [2.05, 4.69) is 5.32 Å². The molecule has 1 aromatic carbocycles. The molecule has 5 nitrogen and oxygen atoms in total.